The summed E-state index contributed by atoms with van der Waals surface area (Å²) in [5.41, 5.74) is 0.761. The van der Waals surface area contributed by atoms with Crippen LogP contribution < -0.4 is 14.9 Å². The largest absolute Gasteiger partial charge is 0.367 e. The normalized spacial score (nSPS) is 17.4. The average molecular weight is 487 g/mol. The second-order valence-corrected chi connectivity index (χ2v) is 10.9. The zero-order chi connectivity index (χ0) is 24.7. The molecular formula is C23H30N6O4S. The molecule has 1 aliphatic carbocycles. The highest BCUT2D eigenvalue weighted by Gasteiger charge is 2.41. The van der Waals surface area contributed by atoms with Crippen molar-refractivity contribution >= 4 is 44.4 Å². The molecule has 0 atom stereocenters. The third-order valence-electron chi connectivity index (χ3n) is 6.16. The highest BCUT2D eigenvalue weighted by Crippen LogP contribution is 2.37. The number of sulfonamides is 1. The Morgan fingerprint density at radius 1 is 1.15 bits per heavy atom. The first kappa shape index (κ1) is 24.0. The number of hydrogen-bond acceptors (Lipinski definition) is 6. The Hall–Kier alpha value is -3.18. The number of anilines is 2. The van der Waals surface area contributed by atoms with E-state index in [0.717, 1.165) is 30.0 Å². The van der Waals surface area contributed by atoms with Crippen LogP contribution in [0.4, 0.5) is 16.3 Å². The van der Waals surface area contributed by atoms with E-state index in [1.165, 1.54) is 6.07 Å². The first-order valence-electron chi connectivity index (χ1n) is 11.1. The Labute approximate surface area is 199 Å². The van der Waals surface area contributed by atoms with E-state index in [2.05, 4.69) is 26.5 Å². The number of carbonyl (C=O) groups is 2. The molecule has 1 saturated heterocycles. The minimum absolute atomic E-state index is 0.0491. The van der Waals surface area contributed by atoms with Crippen molar-refractivity contribution < 1.29 is 18.0 Å². The van der Waals surface area contributed by atoms with E-state index in [-0.39, 0.29) is 10.9 Å². The van der Waals surface area contributed by atoms with Crippen LogP contribution >= 0.6 is 0 Å². The second kappa shape index (κ2) is 8.88. The zero-order valence-corrected chi connectivity index (χ0v) is 20.5. The van der Waals surface area contributed by atoms with Gasteiger partial charge in [-0.25, -0.2) is 22.9 Å². The van der Waals surface area contributed by atoms with Gasteiger partial charge in [0.2, 0.25) is 15.9 Å². The summed E-state index contributed by atoms with van der Waals surface area (Å²) < 4.78 is 29.2. The molecule has 34 heavy (non-hydrogen) atoms. The molecular weight excluding hydrogens is 456 g/mol. The summed E-state index contributed by atoms with van der Waals surface area (Å²) in [6.07, 6.45) is 2.74. The van der Waals surface area contributed by atoms with Gasteiger partial charge in [-0.15, -0.1) is 0 Å². The molecule has 2 aromatic rings. The molecule has 1 aromatic heterocycles. The number of benzene rings is 1. The van der Waals surface area contributed by atoms with E-state index in [0.29, 0.717) is 37.5 Å². The summed E-state index contributed by atoms with van der Waals surface area (Å²) in [6.45, 7) is 7.48. The lowest BCUT2D eigenvalue weighted by molar-refractivity contribution is -0.111. The Bertz CT molecular complexity index is 1250. The summed E-state index contributed by atoms with van der Waals surface area (Å²) in [7, 11) is -0.334. The Kier molecular flexibility index (Phi) is 6.26. The van der Waals surface area contributed by atoms with Gasteiger partial charge in [-0.2, -0.15) is 0 Å². The fraction of sp³-hybridized carbons (Fsp3) is 0.435. The summed E-state index contributed by atoms with van der Waals surface area (Å²) in [5.74, 6) is -0.0951. The van der Waals surface area contributed by atoms with Crippen LogP contribution in [0.3, 0.4) is 0 Å². The molecule has 2 N–H and O–H groups in total. The minimum Gasteiger partial charge on any atom is -0.367 e. The van der Waals surface area contributed by atoms with Gasteiger partial charge < -0.3 is 20.0 Å². The number of carbonyl (C=O) groups excluding carboxylic acids is 2. The number of nitrogens with one attached hydrogen (secondary N) is 2. The predicted molar refractivity (Wildman–Crippen MR) is 131 cm³/mol. The molecule has 10 nitrogen and oxygen atoms in total. The van der Waals surface area contributed by atoms with Crippen molar-refractivity contribution in [2.75, 3.05) is 50.5 Å². The fourth-order valence-corrected chi connectivity index (χ4v) is 5.45. The lowest BCUT2D eigenvalue weighted by Gasteiger charge is -2.37. The number of aromatic nitrogens is 1. The number of nitrogens with zero attached hydrogens (tertiary/aromatic N) is 4. The molecule has 1 aliphatic heterocycles. The van der Waals surface area contributed by atoms with Crippen molar-refractivity contribution in [2.45, 2.75) is 30.2 Å². The van der Waals surface area contributed by atoms with Gasteiger partial charge in [-0.05, 0) is 50.1 Å². The zero-order valence-electron chi connectivity index (χ0n) is 19.7. The van der Waals surface area contributed by atoms with Crippen molar-refractivity contribution in [3.05, 3.63) is 36.9 Å². The van der Waals surface area contributed by atoms with E-state index in [1.807, 2.05) is 13.0 Å². The summed E-state index contributed by atoms with van der Waals surface area (Å²) >= 11 is 0. The van der Waals surface area contributed by atoms with Gasteiger partial charge in [0, 0.05) is 56.9 Å². The van der Waals surface area contributed by atoms with Gasteiger partial charge in [0.15, 0.2) is 0 Å². The van der Waals surface area contributed by atoms with Gasteiger partial charge in [0.25, 0.3) is 0 Å². The van der Waals surface area contributed by atoms with Crippen LogP contribution in [0.5, 0.6) is 0 Å². The smallest absolute Gasteiger partial charge is 0.319 e. The topological polar surface area (TPSA) is 115 Å². The third kappa shape index (κ3) is 5.00. The molecule has 0 spiro atoms. The lowest BCUT2D eigenvalue weighted by Crippen LogP contribution is -2.51. The summed E-state index contributed by atoms with van der Waals surface area (Å²) in [4.78, 5) is 34.1. The third-order valence-corrected chi connectivity index (χ3v) is 7.78. The van der Waals surface area contributed by atoms with Gasteiger partial charge in [-0.1, -0.05) is 6.58 Å². The highest BCUT2D eigenvalue weighted by molar-refractivity contribution is 7.89. The molecule has 1 saturated carbocycles. The van der Waals surface area contributed by atoms with Crippen LogP contribution in [0.2, 0.25) is 0 Å². The Morgan fingerprint density at radius 3 is 2.41 bits per heavy atom. The van der Waals surface area contributed by atoms with Crippen molar-refractivity contribution in [2.24, 2.45) is 0 Å². The molecule has 3 amide bonds. The molecule has 182 valence electrons. The Morgan fingerprint density at radius 2 is 1.82 bits per heavy atom. The predicted octanol–water partition coefficient (Wildman–Crippen LogP) is 1.99. The van der Waals surface area contributed by atoms with E-state index in [4.69, 9.17) is 0 Å². The number of urea groups is 1. The van der Waals surface area contributed by atoms with Gasteiger partial charge >= 0.3 is 6.03 Å². The average Bonchev–Trinajstić information content (AvgIpc) is 3.53. The maximum atomic E-state index is 13.2. The maximum Gasteiger partial charge on any atom is 0.319 e. The molecule has 1 aromatic carbocycles. The lowest BCUT2D eigenvalue weighted by atomic mass is 10.1. The van der Waals surface area contributed by atoms with Gasteiger partial charge in [-0.3, -0.25) is 4.79 Å². The summed E-state index contributed by atoms with van der Waals surface area (Å²) in [5, 5.41) is 3.39. The number of piperazine rings is 1. The molecule has 0 radical (unpaired) electrons. The standard InChI is InChI=1S/C23H30N6O4S/c1-5-21(30)25-20-7-6-17-18(24-20)14-16(34(32,33)26-23(2)8-9-23)15-19(17)28-10-12-29(13-11-28)22(31)27(3)4/h5-7,14-15,26H,1,8-13H2,2-4H3,(H,24,25,30). The van der Waals surface area contributed by atoms with Crippen molar-refractivity contribution in [3.63, 3.8) is 0 Å². The second-order valence-electron chi connectivity index (χ2n) is 9.22. The van der Waals surface area contributed by atoms with Crippen LogP contribution in [-0.2, 0) is 14.8 Å². The molecule has 4 rings (SSSR count). The SMILES string of the molecule is C=CC(=O)Nc1ccc2c(N3CCN(C(=O)N(C)C)CC3)cc(S(=O)(=O)NC3(C)CC3)cc2n1. The van der Waals surface area contributed by atoms with E-state index < -0.39 is 21.5 Å². The molecule has 2 aliphatic rings. The van der Waals surface area contributed by atoms with Crippen LogP contribution in [0.1, 0.15) is 19.8 Å². The first-order valence-corrected chi connectivity index (χ1v) is 12.6. The maximum absolute atomic E-state index is 13.2. The minimum atomic E-state index is -3.78. The van der Waals surface area contributed by atoms with E-state index in [9.17, 15) is 18.0 Å². The monoisotopic (exact) mass is 486 g/mol. The van der Waals surface area contributed by atoms with Gasteiger partial charge in [0.1, 0.15) is 5.82 Å². The highest BCUT2D eigenvalue weighted by atomic mass is 32.2. The van der Waals surface area contributed by atoms with Crippen LogP contribution in [0, 0.1) is 0 Å². The number of rotatable bonds is 6. The quantitative estimate of drug-likeness (QED) is 0.604. The van der Waals surface area contributed by atoms with E-state index in [1.54, 1.807) is 36.0 Å². The molecule has 0 unspecified atom stereocenters. The van der Waals surface area contributed by atoms with Crippen LogP contribution in [0.25, 0.3) is 10.9 Å². The molecule has 2 fully saturated rings. The van der Waals surface area contributed by atoms with Crippen molar-refractivity contribution in [3.8, 4) is 0 Å². The van der Waals surface area contributed by atoms with Gasteiger partial charge in [0.05, 0.1) is 10.4 Å². The van der Waals surface area contributed by atoms with Crippen molar-refractivity contribution in [1.29, 1.82) is 0 Å². The first-order chi connectivity index (χ1) is 16.0. The Balaban J connectivity index is 1.72. The van der Waals surface area contributed by atoms with Crippen LogP contribution in [-0.4, -0.2) is 81.0 Å². The number of amides is 3. The molecule has 2 heterocycles. The number of pyridine rings is 1. The fourth-order valence-electron chi connectivity index (χ4n) is 3.95. The number of hydrogen-bond donors (Lipinski definition) is 2. The molecule has 0 bridgehead atoms. The molecule has 11 heteroatoms. The van der Waals surface area contributed by atoms with Crippen LogP contribution in [0.15, 0.2) is 41.8 Å². The summed E-state index contributed by atoms with van der Waals surface area (Å²) in [6, 6.07) is 6.65. The number of fused-ring (bicyclic) bond motifs is 1. The van der Waals surface area contributed by atoms with E-state index >= 15 is 0 Å². The van der Waals surface area contributed by atoms with Crippen molar-refractivity contribution in [1.82, 2.24) is 19.5 Å².